The van der Waals surface area contributed by atoms with Gasteiger partial charge < -0.3 is 19.0 Å². The Bertz CT molecular complexity index is 974. The van der Waals surface area contributed by atoms with E-state index in [-0.39, 0.29) is 12.2 Å². The molecular weight excluding hydrogens is 402 g/mol. The average molecular weight is 436 g/mol. The van der Waals surface area contributed by atoms with Gasteiger partial charge in [0.2, 0.25) is 0 Å². The molecule has 0 aliphatic heterocycles. The highest BCUT2D eigenvalue weighted by Gasteiger charge is 2.10. The molecule has 5 nitrogen and oxygen atoms in total. The summed E-state index contributed by atoms with van der Waals surface area (Å²) in [4.78, 5) is 4.81. The number of hydrogen-bond acceptors (Lipinski definition) is 5. The molecule has 0 radical (unpaired) electrons. The molecule has 0 N–H and O–H groups in total. The predicted molar refractivity (Wildman–Crippen MR) is 130 cm³/mol. The van der Waals surface area contributed by atoms with E-state index in [0.29, 0.717) is 6.61 Å². The zero-order valence-corrected chi connectivity index (χ0v) is 20.1. The van der Waals surface area contributed by atoms with E-state index in [1.807, 2.05) is 90.1 Å². The number of aryl methyl sites for hydroxylation is 2. The van der Waals surface area contributed by atoms with Gasteiger partial charge in [0.25, 0.3) is 0 Å². The summed E-state index contributed by atoms with van der Waals surface area (Å²) < 4.78 is 17.7. The topological polar surface area (TPSA) is 49.3 Å². The molecule has 0 heterocycles. The molecule has 0 fully saturated rings. The molecule has 0 saturated heterocycles. The Hall–Kier alpha value is -3.39. The Kier molecular flexibility index (Phi) is 9.69. The molecule has 2 aromatic carbocycles. The van der Waals surface area contributed by atoms with Crippen molar-refractivity contribution in [1.82, 2.24) is 0 Å². The van der Waals surface area contributed by atoms with Crippen molar-refractivity contribution >= 4 is 5.71 Å². The van der Waals surface area contributed by atoms with Gasteiger partial charge in [-0.15, -0.1) is 0 Å². The summed E-state index contributed by atoms with van der Waals surface area (Å²) >= 11 is 0. The highest BCUT2D eigenvalue weighted by Crippen LogP contribution is 2.29. The van der Waals surface area contributed by atoms with Crippen molar-refractivity contribution in [3.05, 3.63) is 65.2 Å². The number of nitrogens with zero attached hydrogens (tertiary/aromatic N) is 1. The van der Waals surface area contributed by atoms with Gasteiger partial charge in [0.05, 0.1) is 5.71 Å². The van der Waals surface area contributed by atoms with Gasteiger partial charge in [-0.2, -0.15) is 0 Å². The Morgan fingerprint density at radius 3 is 2.12 bits per heavy atom. The van der Waals surface area contributed by atoms with Gasteiger partial charge in [-0.3, -0.25) is 0 Å². The van der Waals surface area contributed by atoms with Crippen molar-refractivity contribution in [3.8, 4) is 29.1 Å². The second-order valence-corrected chi connectivity index (χ2v) is 7.46. The fourth-order valence-electron chi connectivity index (χ4n) is 3.06. The Labute approximate surface area is 192 Å². The maximum absolute atomic E-state index is 6.10. The maximum atomic E-state index is 6.10. The van der Waals surface area contributed by atoms with Crippen LogP contribution in [0.2, 0.25) is 0 Å². The van der Waals surface area contributed by atoms with Crippen molar-refractivity contribution < 1.29 is 19.0 Å². The molecule has 5 heteroatoms. The summed E-state index contributed by atoms with van der Waals surface area (Å²) in [6, 6.07) is 11.7. The van der Waals surface area contributed by atoms with Crippen LogP contribution in [0.3, 0.4) is 0 Å². The summed E-state index contributed by atoms with van der Waals surface area (Å²) in [6.07, 6.45) is 3.39. The number of hydrogen-bond donors (Lipinski definition) is 0. The van der Waals surface area contributed by atoms with Crippen LogP contribution in [-0.4, -0.2) is 31.6 Å². The van der Waals surface area contributed by atoms with Crippen LogP contribution >= 0.6 is 0 Å². The first kappa shape index (κ1) is 24.9. The molecule has 0 aliphatic carbocycles. The van der Waals surface area contributed by atoms with E-state index in [9.17, 15) is 0 Å². The van der Waals surface area contributed by atoms with Crippen molar-refractivity contribution in [1.29, 1.82) is 0 Å². The third-order valence-corrected chi connectivity index (χ3v) is 4.61. The lowest BCUT2D eigenvalue weighted by Crippen LogP contribution is -2.14. The van der Waals surface area contributed by atoms with Gasteiger partial charge in [-0.1, -0.05) is 29.1 Å². The van der Waals surface area contributed by atoms with Crippen LogP contribution in [0.5, 0.6) is 17.2 Å². The lowest BCUT2D eigenvalue weighted by atomic mass is 10.1. The van der Waals surface area contributed by atoms with Crippen molar-refractivity contribution in [3.63, 3.8) is 0 Å². The molecule has 32 heavy (non-hydrogen) atoms. The van der Waals surface area contributed by atoms with E-state index in [4.69, 9.17) is 19.0 Å². The van der Waals surface area contributed by atoms with Crippen LogP contribution in [0.25, 0.3) is 0 Å². The highest BCUT2D eigenvalue weighted by molar-refractivity contribution is 5.98. The Balaban J connectivity index is 1.97. The van der Waals surface area contributed by atoms with Crippen molar-refractivity contribution in [2.75, 3.05) is 13.7 Å². The van der Waals surface area contributed by atoms with E-state index in [1.54, 1.807) is 0 Å². The standard InChI is InChI=1S/C27H33NO4/c1-8-9-16-30-26-17-19(2)27(20(3)18-26)32-22(5)11-10-21(4)31-25-14-12-24(13-15-25)23(6)28-29-7/h8-9,12-15,17-18,21-22H,16H2,1-7H3/b9-8+,28-23+. The zero-order chi connectivity index (χ0) is 23.5. The van der Waals surface area contributed by atoms with Gasteiger partial charge in [0.15, 0.2) is 12.2 Å². The molecule has 170 valence electrons. The van der Waals surface area contributed by atoms with Gasteiger partial charge in [0.1, 0.15) is 31.0 Å². The molecular formula is C27H33NO4. The third-order valence-electron chi connectivity index (χ3n) is 4.61. The molecule has 0 spiro atoms. The number of benzene rings is 2. The summed E-state index contributed by atoms with van der Waals surface area (Å²) in [7, 11) is 1.53. The number of oxime groups is 1. The van der Waals surface area contributed by atoms with Crippen LogP contribution in [0.15, 0.2) is 53.7 Å². The molecule has 0 saturated carbocycles. The summed E-state index contributed by atoms with van der Waals surface area (Å²) in [5, 5.41) is 3.93. The normalized spacial score (nSPS) is 13.2. The molecule has 2 rings (SSSR count). The average Bonchev–Trinajstić information content (AvgIpc) is 2.76. The number of allylic oxidation sites excluding steroid dienone is 1. The van der Waals surface area contributed by atoms with Gasteiger partial charge in [-0.25, -0.2) is 0 Å². The largest absolute Gasteiger partial charge is 0.490 e. The SMILES string of the molecule is C/C=C/COc1cc(C)c(OC(C)C#CC(C)Oc2ccc(/C(C)=N/OC)cc2)c(C)c1. The monoisotopic (exact) mass is 435 g/mol. The zero-order valence-electron chi connectivity index (χ0n) is 20.1. The van der Waals surface area contributed by atoms with Crippen molar-refractivity contribution in [2.24, 2.45) is 5.16 Å². The molecule has 0 aliphatic rings. The lowest BCUT2D eigenvalue weighted by molar-refractivity contribution is 0.213. The second kappa shape index (κ2) is 12.5. The van der Waals surface area contributed by atoms with Crippen LogP contribution in [0, 0.1) is 25.7 Å². The minimum atomic E-state index is -0.275. The first-order valence-electron chi connectivity index (χ1n) is 10.7. The molecule has 0 aromatic heterocycles. The Morgan fingerprint density at radius 2 is 1.56 bits per heavy atom. The first-order chi connectivity index (χ1) is 15.3. The fraction of sp³-hybridized carbons (Fsp3) is 0.370. The summed E-state index contributed by atoms with van der Waals surface area (Å²) in [5.74, 6) is 8.67. The van der Waals surface area contributed by atoms with Crippen LogP contribution in [0.1, 0.15) is 44.4 Å². The van der Waals surface area contributed by atoms with Crippen molar-refractivity contribution in [2.45, 2.75) is 53.8 Å². The predicted octanol–water partition coefficient (Wildman–Crippen LogP) is 5.87. The second-order valence-electron chi connectivity index (χ2n) is 7.46. The van der Waals surface area contributed by atoms with E-state index >= 15 is 0 Å². The Morgan fingerprint density at radius 1 is 0.969 bits per heavy atom. The van der Waals surface area contributed by atoms with Crippen LogP contribution < -0.4 is 14.2 Å². The molecule has 0 amide bonds. The van der Waals surface area contributed by atoms with E-state index in [1.165, 1.54) is 7.11 Å². The quantitative estimate of drug-likeness (QED) is 0.214. The number of rotatable bonds is 9. The minimum Gasteiger partial charge on any atom is -0.490 e. The van der Waals surface area contributed by atoms with Crippen LogP contribution in [-0.2, 0) is 4.84 Å². The third kappa shape index (κ3) is 7.70. The van der Waals surface area contributed by atoms with Gasteiger partial charge in [0, 0.05) is 0 Å². The fourth-order valence-corrected chi connectivity index (χ4v) is 3.06. The smallest absolute Gasteiger partial charge is 0.156 e. The minimum absolute atomic E-state index is 0.273. The first-order valence-corrected chi connectivity index (χ1v) is 10.7. The van der Waals surface area contributed by atoms with E-state index in [0.717, 1.165) is 39.7 Å². The van der Waals surface area contributed by atoms with E-state index < -0.39 is 0 Å². The molecule has 2 unspecified atom stereocenters. The summed E-state index contributed by atoms with van der Waals surface area (Å²) in [6.45, 7) is 12.3. The highest BCUT2D eigenvalue weighted by atomic mass is 16.6. The number of ether oxygens (including phenoxy) is 3. The van der Waals surface area contributed by atoms with Crippen LogP contribution in [0.4, 0.5) is 0 Å². The molecule has 2 aromatic rings. The molecule has 2 atom stereocenters. The molecule has 0 bridgehead atoms. The maximum Gasteiger partial charge on any atom is 0.156 e. The summed E-state index contributed by atoms with van der Waals surface area (Å²) in [5.41, 5.74) is 3.82. The van der Waals surface area contributed by atoms with E-state index in [2.05, 4.69) is 17.0 Å². The van der Waals surface area contributed by atoms with Gasteiger partial charge >= 0.3 is 0 Å². The van der Waals surface area contributed by atoms with Gasteiger partial charge in [-0.05, 0) is 94.6 Å². The lowest BCUT2D eigenvalue weighted by Gasteiger charge is -2.16.